The highest BCUT2D eigenvalue weighted by molar-refractivity contribution is 6.06. The summed E-state index contributed by atoms with van der Waals surface area (Å²) in [6.45, 7) is 0. The van der Waals surface area contributed by atoms with Crippen molar-refractivity contribution in [2.45, 2.75) is 63.1 Å². The molecule has 0 aromatic heterocycles. The van der Waals surface area contributed by atoms with E-state index in [0.29, 0.717) is 12.5 Å². The molecule has 1 saturated heterocycles. The van der Waals surface area contributed by atoms with Crippen molar-refractivity contribution in [1.29, 1.82) is 0 Å². The molecule has 1 N–H and O–H groups in total. The third-order valence-corrected chi connectivity index (χ3v) is 3.89. The van der Waals surface area contributed by atoms with Crippen LogP contribution in [-0.4, -0.2) is 34.8 Å². The molecule has 2 amide bonds. The van der Waals surface area contributed by atoms with Crippen molar-refractivity contribution >= 4 is 11.8 Å². The van der Waals surface area contributed by atoms with E-state index in [2.05, 4.69) is 5.32 Å². The lowest BCUT2D eigenvalue weighted by molar-refractivity contribution is -0.139. The van der Waals surface area contributed by atoms with E-state index in [1.165, 1.54) is 17.7 Å². The van der Waals surface area contributed by atoms with E-state index in [4.69, 9.17) is 0 Å². The molecule has 3 rings (SSSR count). The minimum absolute atomic E-state index is 0.0272. The fraction of sp³-hybridized carbons (Fsp3) is 0.833. The summed E-state index contributed by atoms with van der Waals surface area (Å²) in [5.41, 5.74) is 0. The van der Waals surface area contributed by atoms with Crippen LogP contribution >= 0.6 is 0 Å². The molecular formula is C12H18N2O2. The lowest BCUT2D eigenvalue weighted by atomic mass is 10.2. The van der Waals surface area contributed by atoms with Gasteiger partial charge in [-0.2, -0.15) is 0 Å². The van der Waals surface area contributed by atoms with Crippen molar-refractivity contribution in [3.05, 3.63) is 0 Å². The summed E-state index contributed by atoms with van der Waals surface area (Å²) in [6.07, 6.45) is 7.20. The first-order valence-corrected chi connectivity index (χ1v) is 6.37. The summed E-state index contributed by atoms with van der Waals surface area (Å²) >= 11 is 0. The Bertz CT molecular complexity index is 319. The third kappa shape index (κ3) is 1.75. The Morgan fingerprint density at radius 3 is 2.38 bits per heavy atom. The number of likely N-dealkylation sites (tertiary alicyclic amines) is 1. The van der Waals surface area contributed by atoms with E-state index in [-0.39, 0.29) is 23.9 Å². The van der Waals surface area contributed by atoms with E-state index in [1.54, 1.807) is 0 Å². The number of carbonyl (C=O) groups is 2. The van der Waals surface area contributed by atoms with Gasteiger partial charge in [0.2, 0.25) is 11.8 Å². The molecule has 0 radical (unpaired) electrons. The summed E-state index contributed by atoms with van der Waals surface area (Å²) in [4.78, 5) is 25.2. The smallest absolute Gasteiger partial charge is 0.247 e. The van der Waals surface area contributed by atoms with Crippen LogP contribution in [0.3, 0.4) is 0 Å². The lowest BCUT2D eigenvalue weighted by Gasteiger charge is -2.17. The fourth-order valence-electron chi connectivity index (χ4n) is 2.87. The van der Waals surface area contributed by atoms with Gasteiger partial charge in [0.15, 0.2) is 0 Å². The summed E-state index contributed by atoms with van der Waals surface area (Å²) in [5, 5.41) is 3.36. The largest absolute Gasteiger partial charge is 0.303 e. The van der Waals surface area contributed by atoms with Gasteiger partial charge in [-0.3, -0.25) is 14.5 Å². The molecule has 0 bridgehead atoms. The Kier molecular flexibility index (Phi) is 2.46. The number of rotatable bonds is 3. The zero-order valence-electron chi connectivity index (χ0n) is 9.45. The SMILES string of the molecule is O=C1CC(NC2CCCC2)C(=O)N1C1CC1. The molecule has 1 atom stereocenters. The predicted octanol–water partition coefficient (Wildman–Crippen LogP) is 0.808. The first-order valence-electron chi connectivity index (χ1n) is 6.37. The van der Waals surface area contributed by atoms with Gasteiger partial charge in [0.25, 0.3) is 0 Å². The first-order chi connectivity index (χ1) is 7.75. The molecule has 0 spiro atoms. The molecule has 3 fully saturated rings. The summed E-state index contributed by atoms with van der Waals surface area (Å²) < 4.78 is 0. The number of hydrogen-bond acceptors (Lipinski definition) is 3. The van der Waals surface area contributed by atoms with Gasteiger partial charge in [-0.25, -0.2) is 0 Å². The Labute approximate surface area is 95.4 Å². The normalized spacial score (nSPS) is 31.8. The number of amides is 2. The molecule has 88 valence electrons. The highest BCUT2D eigenvalue weighted by Crippen LogP contribution is 2.32. The Morgan fingerprint density at radius 1 is 1.06 bits per heavy atom. The van der Waals surface area contributed by atoms with Gasteiger partial charge in [-0.15, -0.1) is 0 Å². The van der Waals surface area contributed by atoms with Gasteiger partial charge in [0.05, 0.1) is 12.5 Å². The number of imide groups is 1. The number of hydrogen-bond donors (Lipinski definition) is 1. The predicted molar refractivity (Wildman–Crippen MR) is 58.7 cm³/mol. The molecule has 4 heteroatoms. The topological polar surface area (TPSA) is 49.4 Å². The van der Waals surface area contributed by atoms with Crippen LogP contribution in [0, 0.1) is 0 Å². The maximum atomic E-state index is 12.0. The van der Waals surface area contributed by atoms with Crippen molar-refractivity contribution < 1.29 is 9.59 Å². The van der Waals surface area contributed by atoms with Crippen LogP contribution < -0.4 is 5.32 Å². The molecule has 16 heavy (non-hydrogen) atoms. The van der Waals surface area contributed by atoms with Crippen LogP contribution in [0.15, 0.2) is 0 Å². The number of carbonyl (C=O) groups excluding carboxylic acids is 2. The molecule has 1 aliphatic heterocycles. The molecular weight excluding hydrogens is 204 g/mol. The second kappa shape index (κ2) is 3.84. The van der Waals surface area contributed by atoms with Crippen molar-refractivity contribution in [2.24, 2.45) is 0 Å². The average Bonchev–Trinajstić information content (AvgIpc) is 2.86. The van der Waals surface area contributed by atoms with Crippen molar-refractivity contribution in [3.63, 3.8) is 0 Å². The van der Waals surface area contributed by atoms with E-state index >= 15 is 0 Å². The zero-order valence-corrected chi connectivity index (χ0v) is 9.45. The van der Waals surface area contributed by atoms with E-state index in [0.717, 1.165) is 25.7 Å². The number of nitrogens with one attached hydrogen (secondary N) is 1. The Morgan fingerprint density at radius 2 is 1.75 bits per heavy atom. The molecule has 1 unspecified atom stereocenters. The van der Waals surface area contributed by atoms with E-state index in [9.17, 15) is 9.59 Å². The molecule has 0 aromatic rings. The van der Waals surface area contributed by atoms with Crippen LogP contribution in [0.25, 0.3) is 0 Å². The highest BCUT2D eigenvalue weighted by atomic mass is 16.2. The third-order valence-electron chi connectivity index (χ3n) is 3.89. The monoisotopic (exact) mass is 222 g/mol. The zero-order chi connectivity index (χ0) is 11.1. The highest BCUT2D eigenvalue weighted by Gasteiger charge is 2.46. The maximum Gasteiger partial charge on any atom is 0.247 e. The standard InChI is InChI=1S/C12H18N2O2/c15-11-7-10(13-8-3-1-2-4-8)12(16)14(11)9-5-6-9/h8-10,13H,1-7H2. The van der Waals surface area contributed by atoms with Crippen LogP contribution in [0.1, 0.15) is 44.9 Å². The van der Waals surface area contributed by atoms with Crippen LogP contribution in [0.4, 0.5) is 0 Å². The minimum Gasteiger partial charge on any atom is -0.303 e. The second-order valence-corrected chi connectivity index (χ2v) is 5.24. The van der Waals surface area contributed by atoms with E-state index in [1.807, 2.05) is 0 Å². The van der Waals surface area contributed by atoms with Crippen LogP contribution in [-0.2, 0) is 9.59 Å². The van der Waals surface area contributed by atoms with Gasteiger partial charge in [-0.1, -0.05) is 12.8 Å². The van der Waals surface area contributed by atoms with Gasteiger partial charge < -0.3 is 5.32 Å². The van der Waals surface area contributed by atoms with Gasteiger partial charge in [-0.05, 0) is 25.7 Å². The summed E-state index contributed by atoms with van der Waals surface area (Å²) in [7, 11) is 0. The quantitative estimate of drug-likeness (QED) is 0.719. The summed E-state index contributed by atoms with van der Waals surface area (Å²) in [6, 6.07) is 0.465. The molecule has 1 heterocycles. The maximum absolute atomic E-state index is 12.0. The molecule has 2 aliphatic carbocycles. The second-order valence-electron chi connectivity index (χ2n) is 5.24. The van der Waals surface area contributed by atoms with E-state index < -0.39 is 0 Å². The van der Waals surface area contributed by atoms with Gasteiger partial charge in [0, 0.05) is 12.1 Å². The van der Waals surface area contributed by atoms with Crippen LogP contribution in [0.5, 0.6) is 0 Å². The first kappa shape index (κ1) is 10.3. The lowest BCUT2D eigenvalue weighted by Crippen LogP contribution is -2.43. The van der Waals surface area contributed by atoms with Crippen LogP contribution in [0.2, 0.25) is 0 Å². The molecule has 2 saturated carbocycles. The molecule has 0 aromatic carbocycles. The molecule has 4 nitrogen and oxygen atoms in total. The number of nitrogens with zero attached hydrogens (tertiary/aromatic N) is 1. The van der Waals surface area contributed by atoms with Gasteiger partial charge in [0.1, 0.15) is 0 Å². The summed E-state index contributed by atoms with van der Waals surface area (Å²) in [5.74, 6) is 0.0578. The van der Waals surface area contributed by atoms with Crippen molar-refractivity contribution in [1.82, 2.24) is 10.2 Å². The Hall–Kier alpha value is -0.900. The van der Waals surface area contributed by atoms with Crippen molar-refractivity contribution in [3.8, 4) is 0 Å². The van der Waals surface area contributed by atoms with Gasteiger partial charge >= 0.3 is 0 Å². The van der Waals surface area contributed by atoms with Crippen molar-refractivity contribution in [2.75, 3.05) is 0 Å². The average molecular weight is 222 g/mol. The Balaban J connectivity index is 1.63. The minimum atomic E-state index is -0.226. The molecule has 3 aliphatic rings. The fourth-order valence-corrected chi connectivity index (χ4v) is 2.87.